The number of carboxylic acids is 1. The first-order valence-corrected chi connectivity index (χ1v) is 7.83. The minimum absolute atomic E-state index is 0.116. The lowest BCUT2D eigenvalue weighted by Gasteiger charge is -2.21. The average molecular weight is 320 g/mol. The summed E-state index contributed by atoms with van der Waals surface area (Å²) in [5.41, 5.74) is 0.708. The predicted octanol–water partition coefficient (Wildman–Crippen LogP) is 2.15. The fourth-order valence-electron chi connectivity index (χ4n) is 2.17. The molecule has 126 valence electrons. The van der Waals surface area contributed by atoms with Crippen LogP contribution in [0.1, 0.15) is 54.3 Å². The fourth-order valence-corrected chi connectivity index (χ4v) is 2.17. The molecular formula is C17H24N2O4. The first kappa shape index (κ1) is 18.7. The Morgan fingerprint density at radius 1 is 1.13 bits per heavy atom. The number of nitrogens with zero attached hydrogens (tertiary/aromatic N) is 1. The third kappa shape index (κ3) is 5.39. The number of amides is 2. The maximum absolute atomic E-state index is 12.5. The lowest BCUT2D eigenvalue weighted by atomic mass is 10.1. The van der Waals surface area contributed by atoms with Crippen molar-refractivity contribution in [2.45, 2.75) is 39.7 Å². The summed E-state index contributed by atoms with van der Waals surface area (Å²) in [7, 11) is 0. The third-order valence-electron chi connectivity index (χ3n) is 3.36. The molecule has 0 heterocycles. The van der Waals surface area contributed by atoms with Crippen LogP contribution in [0.3, 0.4) is 0 Å². The van der Waals surface area contributed by atoms with Crippen LogP contribution in [0.5, 0.6) is 0 Å². The summed E-state index contributed by atoms with van der Waals surface area (Å²) in [4.78, 5) is 37.1. The van der Waals surface area contributed by atoms with Gasteiger partial charge in [-0.05, 0) is 38.0 Å². The highest BCUT2D eigenvalue weighted by molar-refractivity contribution is 6.00. The second-order valence-electron chi connectivity index (χ2n) is 5.41. The lowest BCUT2D eigenvalue weighted by Crippen LogP contribution is -2.38. The Balaban J connectivity index is 2.92. The van der Waals surface area contributed by atoms with Gasteiger partial charge in [-0.3, -0.25) is 14.4 Å². The standard InChI is InChI=1S/C17H24N2O4/c1-4-9-19(10-5-2)16(21)14-8-6-7-13(11-14)15(20)18-12(3)17(22)23/h6-8,11-12H,4-5,9-10H2,1-3H3,(H,18,20)(H,22,23)/t12-/m1/s1. The molecule has 0 aliphatic heterocycles. The second kappa shape index (κ2) is 8.92. The molecule has 1 rings (SSSR count). The normalized spacial score (nSPS) is 11.6. The summed E-state index contributed by atoms with van der Waals surface area (Å²) in [6.45, 7) is 6.73. The number of hydrogen-bond donors (Lipinski definition) is 2. The zero-order chi connectivity index (χ0) is 17.4. The van der Waals surface area contributed by atoms with E-state index in [1.54, 1.807) is 23.1 Å². The van der Waals surface area contributed by atoms with Crippen molar-refractivity contribution in [2.24, 2.45) is 0 Å². The van der Waals surface area contributed by atoms with Crippen LogP contribution < -0.4 is 5.32 Å². The molecule has 0 aliphatic rings. The van der Waals surface area contributed by atoms with Gasteiger partial charge in [0.1, 0.15) is 6.04 Å². The predicted molar refractivity (Wildman–Crippen MR) is 87.5 cm³/mol. The molecule has 0 aromatic heterocycles. The molecule has 1 aromatic rings. The minimum Gasteiger partial charge on any atom is -0.480 e. The van der Waals surface area contributed by atoms with Gasteiger partial charge in [0.05, 0.1) is 0 Å². The van der Waals surface area contributed by atoms with Crippen LogP contribution in [0.25, 0.3) is 0 Å². The summed E-state index contributed by atoms with van der Waals surface area (Å²) < 4.78 is 0. The van der Waals surface area contributed by atoms with E-state index < -0.39 is 17.9 Å². The molecule has 6 nitrogen and oxygen atoms in total. The van der Waals surface area contributed by atoms with Crippen molar-refractivity contribution >= 4 is 17.8 Å². The lowest BCUT2D eigenvalue weighted by molar-refractivity contribution is -0.138. The highest BCUT2D eigenvalue weighted by atomic mass is 16.4. The zero-order valence-corrected chi connectivity index (χ0v) is 13.8. The molecule has 0 spiro atoms. The fraction of sp³-hybridized carbons (Fsp3) is 0.471. The van der Waals surface area contributed by atoms with Gasteiger partial charge in [-0.15, -0.1) is 0 Å². The summed E-state index contributed by atoms with van der Waals surface area (Å²) in [5, 5.41) is 11.2. The topological polar surface area (TPSA) is 86.7 Å². The molecule has 2 amide bonds. The largest absolute Gasteiger partial charge is 0.480 e. The van der Waals surface area contributed by atoms with Crippen LogP contribution in [-0.2, 0) is 4.79 Å². The first-order chi connectivity index (χ1) is 10.9. The molecule has 0 unspecified atom stereocenters. The van der Waals surface area contributed by atoms with Crippen LogP contribution >= 0.6 is 0 Å². The van der Waals surface area contributed by atoms with Crippen molar-refractivity contribution in [2.75, 3.05) is 13.1 Å². The second-order valence-corrected chi connectivity index (χ2v) is 5.41. The van der Waals surface area contributed by atoms with E-state index in [0.717, 1.165) is 12.8 Å². The van der Waals surface area contributed by atoms with Crippen molar-refractivity contribution in [3.63, 3.8) is 0 Å². The van der Waals surface area contributed by atoms with Gasteiger partial charge in [-0.25, -0.2) is 0 Å². The van der Waals surface area contributed by atoms with Gasteiger partial charge in [0.15, 0.2) is 0 Å². The van der Waals surface area contributed by atoms with Gasteiger partial charge >= 0.3 is 5.97 Å². The Labute approximate surface area is 136 Å². The molecule has 0 bridgehead atoms. The summed E-state index contributed by atoms with van der Waals surface area (Å²) in [6.07, 6.45) is 1.73. The van der Waals surface area contributed by atoms with Crippen LogP contribution in [0.4, 0.5) is 0 Å². The van der Waals surface area contributed by atoms with E-state index in [1.807, 2.05) is 13.8 Å². The molecule has 0 fully saturated rings. The molecule has 23 heavy (non-hydrogen) atoms. The van der Waals surface area contributed by atoms with Crippen molar-refractivity contribution in [1.29, 1.82) is 0 Å². The van der Waals surface area contributed by atoms with Gasteiger partial charge in [-0.1, -0.05) is 19.9 Å². The number of benzene rings is 1. The van der Waals surface area contributed by atoms with Crippen molar-refractivity contribution < 1.29 is 19.5 Å². The molecule has 0 radical (unpaired) electrons. The average Bonchev–Trinajstić information content (AvgIpc) is 2.53. The van der Waals surface area contributed by atoms with E-state index in [2.05, 4.69) is 5.32 Å². The SMILES string of the molecule is CCCN(CCC)C(=O)c1cccc(C(=O)N[C@H](C)C(=O)O)c1. The number of aliphatic carboxylic acids is 1. The highest BCUT2D eigenvalue weighted by Gasteiger charge is 2.18. The summed E-state index contributed by atoms with van der Waals surface area (Å²) in [5.74, 6) is -1.73. The minimum atomic E-state index is -1.11. The molecular weight excluding hydrogens is 296 g/mol. The number of rotatable bonds is 8. The van der Waals surface area contributed by atoms with E-state index in [1.165, 1.54) is 13.0 Å². The van der Waals surface area contributed by atoms with Crippen LogP contribution in [0, 0.1) is 0 Å². The van der Waals surface area contributed by atoms with Gasteiger partial charge in [0.25, 0.3) is 11.8 Å². The number of carboxylic acid groups (broad SMARTS) is 1. The summed E-state index contributed by atoms with van der Waals surface area (Å²) in [6, 6.07) is 5.37. The van der Waals surface area contributed by atoms with Crippen molar-refractivity contribution in [3.05, 3.63) is 35.4 Å². The van der Waals surface area contributed by atoms with Crippen molar-refractivity contribution in [3.8, 4) is 0 Å². The molecule has 0 saturated carbocycles. The maximum atomic E-state index is 12.5. The molecule has 0 saturated heterocycles. The number of carbonyl (C=O) groups excluding carboxylic acids is 2. The van der Waals surface area contributed by atoms with Gasteiger partial charge in [0, 0.05) is 24.2 Å². The first-order valence-electron chi connectivity index (χ1n) is 7.83. The van der Waals surface area contributed by atoms with Crippen LogP contribution in [0.2, 0.25) is 0 Å². The summed E-state index contributed by atoms with van der Waals surface area (Å²) >= 11 is 0. The molecule has 1 aromatic carbocycles. The number of carbonyl (C=O) groups is 3. The Hall–Kier alpha value is -2.37. The van der Waals surface area contributed by atoms with E-state index >= 15 is 0 Å². The van der Waals surface area contributed by atoms with E-state index in [4.69, 9.17) is 5.11 Å². The van der Waals surface area contributed by atoms with Crippen LogP contribution in [0.15, 0.2) is 24.3 Å². The highest BCUT2D eigenvalue weighted by Crippen LogP contribution is 2.10. The third-order valence-corrected chi connectivity index (χ3v) is 3.36. The Morgan fingerprint density at radius 3 is 2.22 bits per heavy atom. The number of nitrogens with one attached hydrogen (secondary N) is 1. The van der Waals surface area contributed by atoms with E-state index in [9.17, 15) is 14.4 Å². The van der Waals surface area contributed by atoms with Gasteiger partial charge < -0.3 is 15.3 Å². The molecule has 2 N–H and O–H groups in total. The smallest absolute Gasteiger partial charge is 0.325 e. The maximum Gasteiger partial charge on any atom is 0.325 e. The molecule has 6 heteroatoms. The van der Waals surface area contributed by atoms with E-state index in [-0.39, 0.29) is 11.5 Å². The van der Waals surface area contributed by atoms with Crippen LogP contribution in [-0.4, -0.2) is 46.9 Å². The molecule has 1 atom stereocenters. The Morgan fingerprint density at radius 2 is 1.70 bits per heavy atom. The van der Waals surface area contributed by atoms with Gasteiger partial charge in [-0.2, -0.15) is 0 Å². The monoisotopic (exact) mass is 320 g/mol. The van der Waals surface area contributed by atoms with Gasteiger partial charge in [0.2, 0.25) is 0 Å². The quantitative estimate of drug-likeness (QED) is 0.768. The Bertz CT molecular complexity index is 565. The number of hydrogen-bond acceptors (Lipinski definition) is 3. The van der Waals surface area contributed by atoms with E-state index in [0.29, 0.717) is 18.7 Å². The molecule has 0 aliphatic carbocycles. The zero-order valence-electron chi connectivity index (χ0n) is 13.8. The van der Waals surface area contributed by atoms with Crippen molar-refractivity contribution in [1.82, 2.24) is 10.2 Å². The Kier molecular flexibility index (Phi) is 7.25.